The predicted molar refractivity (Wildman–Crippen MR) is 91.6 cm³/mol. The highest BCUT2D eigenvalue weighted by Crippen LogP contribution is 2.21. The number of benzene rings is 2. The Morgan fingerprint density at radius 2 is 1.86 bits per heavy atom. The van der Waals surface area contributed by atoms with Gasteiger partial charge in [-0.15, -0.1) is 0 Å². The average Bonchev–Trinajstić information content (AvgIpc) is 2.48. The summed E-state index contributed by atoms with van der Waals surface area (Å²) in [7, 11) is 0. The molecule has 0 aliphatic heterocycles. The Morgan fingerprint density at radius 1 is 1.14 bits per heavy atom. The maximum atomic E-state index is 12.1. The van der Waals surface area contributed by atoms with Crippen LogP contribution in [0.25, 0.3) is 0 Å². The molecule has 1 N–H and O–H groups in total. The van der Waals surface area contributed by atoms with Crippen LogP contribution in [0.3, 0.4) is 0 Å². The second kappa shape index (κ2) is 7.41. The summed E-state index contributed by atoms with van der Waals surface area (Å²) in [5.41, 5.74) is 4.50. The van der Waals surface area contributed by atoms with E-state index >= 15 is 0 Å². The number of aryl methyl sites for hydroxylation is 3. The molecule has 0 bridgehead atoms. The highest BCUT2D eigenvalue weighted by molar-refractivity contribution is 9.10. The van der Waals surface area contributed by atoms with Gasteiger partial charge in [-0.3, -0.25) is 4.79 Å². The molecule has 2 aromatic carbocycles. The van der Waals surface area contributed by atoms with Crippen molar-refractivity contribution in [1.29, 1.82) is 0 Å². The minimum absolute atomic E-state index is 0.0626. The van der Waals surface area contributed by atoms with Gasteiger partial charge >= 0.3 is 0 Å². The van der Waals surface area contributed by atoms with Crippen LogP contribution in [0.1, 0.15) is 30.0 Å². The second-order valence-electron chi connectivity index (χ2n) is 5.19. The van der Waals surface area contributed by atoms with E-state index in [0.717, 1.165) is 28.6 Å². The van der Waals surface area contributed by atoms with Crippen molar-refractivity contribution in [2.24, 2.45) is 0 Å². The van der Waals surface area contributed by atoms with Gasteiger partial charge in [0, 0.05) is 16.6 Å². The smallest absolute Gasteiger partial charge is 0.224 e. The van der Waals surface area contributed by atoms with Crippen LogP contribution in [-0.4, -0.2) is 5.91 Å². The molecule has 0 fully saturated rings. The molecule has 0 aliphatic carbocycles. The molecular weight excluding hydrogens is 326 g/mol. The molecule has 21 heavy (non-hydrogen) atoms. The van der Waals surface area contributed by atoms with Gasteiger partial charge in [-0.05, 0) is 49.1 Å². The average molecular weight is 346 g/mol. The van der Waals surface area contributed by atoms with Crippen LogP contribution >= 0.6 is 15.9 Å². The molecule has 0 saturated heterocycles. The van der Waals surface area contributed by atoms with Gasteiger partial charge in [-0.25, -0.2) is 0 Å². The number of halogens is 1. The van der Waals surface area contributed by atoms with Gasteiger partial charge in [0.05, 0.1) is 0 Å². The number of hydrogen-bond donors (Lipinski definition) is 1. The summed E-state index contributed by atoms with van der Waals surface area (Å²) in [5.74, 6) is 0.0626. The van der Waals surface area contributed by atoms with Crippen LogP contribution in [0.15, 0.2) is 46.9 Å². The van der Waals surface area contributed by atoms with Crippen LogP contribution in [0.4, 0.5) is 5.69 Å². The first-order valence-corrected chi connectivity index (χ1v) is 8.01. The standard InChI is InChI=1S/C18H20BrNO/c1-3-15-12-16(19)9-10-17(15)20-18(21)11-8-14-6-4-13(2)5-7-14/h4-7,9-10,12H,3,8,11H2,1-2H3,(H,20,21). The maximum Gasteiger partial charge on any atom is 0.224 e. The monoisotopic (exact) mass is 345 g/mol. The Labute approximate surface area is 134 Å². The first-order chi connectivity index (χ1) is 10.1. The molecule has 0 unspecified atom stereocenters. The van der Waals surface area contributed by atoms with Crippen LogP contribution < -0.4 is 5.32 Å². The molecule has 2 aromatic rings. The Bertz CT molecular complexity index is 620. The van der Waals surface area contributed by atoms with E-state index < -0.39 is 0 Å². The summed E-state index contributed by atoms with van der Waals surface area (Å²) in [4.78, 5) is 12.1. The van der Waals surface area contributed by atoms with Gasteiger partial charge in [0.1, 0.15) is 0 Å². The number of carbonyl (C=O) groups is 1. The van der Waals surface area contributed by atoms with Crippen molar-refractivity contribution < 1.29 is 4.79 Å². The largest absolute Gasteiger partial charge is 0.326 e. The van der Waals surface area contributed by atoms with Crippen LogP contribution in [-0.2, 0) is 17.6 Å². The molecule has 0 aliphatic rings. The normalized spacial score (nSPS) is 10.4. The number of rotatable bonds is 5. The SMILES string of the molecule is CCc1cc(Br)ccc1NC(=O)CCc1ccc(C)cc1. The lowest BCUT2D eigenvalue weighted by Crippen LogP contribution is -2.13. The molecule has 0 atom stereocenters. The number of anilines is 1. The molecule has 110 valence electrons. The van der Waals surface area contributed by atoms with Crippen molar-refractivity contribution in [2.75, 3.05) is 5.32 Å². The van der Waals surface area contributed by atoms with E-state index in [0.29, 0.717) is 6.42 Å². The number of carbonyl (C=O) groups excluding carboxylic acids is 1. The van der Waals surface area contributed by atoms with Gasteiger partial charge in [-0.2, -0.15) is 0 Å². The minimum atomic E-state index is 0.0626. The highest BCUT2D eigenvalue weighted by Gasteiger charge is 2.07. The topological polar surface area (TPSA) is 29.1 Å². The molecule has 0 saturated carbocycles. The van der Waals surface area contributed by atoms with Crippen molar-refractivity contribution in [3.05, 3.63) is 63.6 Å². The Balaban J connectivity index is 1.94. The summed E-state index contributed by atoms with van der Waals surface area (Å²) in [6, 6.07) is 14.3. The molecular formula is C18H20BrNO. The molecule has 2 rings (SSSR count). The first-order valence-electron chi connectivity index (χ1n) is 7.22. The quantitative estimate of drug-likeness (QED) is 0.820. The number of amides is 1. The molecule has 0 radical (unpaired) electrons. The van der Waals surface area contributed by atoms with Crippen molar-refractivity contribution in [3.8, 4) is 0 Å². The third kappa shape index (κ3) is 4.71. The van der Waals surface area contributed by atoms with Crippen molar-refractivity contribution >= 4 is 27.5 Å². The fraction of sp³-hybridized carbons (Fsp3) is 0.278. The Hall–Kier alpha value is -1.61. The lowest BCUT2D eigenvalue weighted by Gasteiger charge is -2.10. The zero-order chi connectivity index (χ0) is 15.2. The van der Waals surface area contributed by atoms with E-state index in [9.17, 15) is 4.79 Å². The Kier molecular flexibility index (Phi) is 5.57. The summed E-state index contributed by atoms with van der Waals surface area (Å²) in [5, 5.41) is 3.01. The summed E-state index contributed by atoms with van der Waals surface area (Å²) >= 11 is 3.46. The van der Waals surface area contributed by atoms with E-state index in [1.807, 2.05) is 12.1 Å². The lowest BCUT2D eigenvalue weighted by atomic mass is 10.1. The van der Waals surface area contributed by atoms with E-state index in [-0.39, 0.29) is 5.91 Å². The zero-order valence-corrected chi connectivity index (χ0v) is 14.0. The third-order valence-electron chi connectivity index (χ3n) is 3.48. The van der Waals surface area contributed by atoms with Gasteiger partial charge in [0.25, 0.3) is 0 Å². The van der Waals surface area contributed by atoms with Crippen LogP contribution in [0, 0.1) is 6.92 Å². The van der Waals surface area contributed by atoms with E-state index in [1.54, 1.807) is 0 Å². The molecule has 0 heterocycles. The summed E-state index contributed by atoms with van der Waals surface area (Å²) < 4.78 is 1.04. The minimum Gasteiger partial charge on any atom is -0.326 e. The van der Waals surface area contributed by atoms with Gasteiger partial charge in [0.15, 0.2) is 0 Å². The molecule has 0 aromatic heterocycles. The molecule has 0 spiro atoms. The molecule has 2 nitrogen and oxygen atoms in total. The number of nitrogens with one attached hydrogen (secondary N) is 1. The van der Waals surface area contributed by atoms with Crippen LogP contribution in [0.2, 0.25) is 0 Å². The highest BCUT2D eigenvalue weighted by atomic mass is 79.9. The second-order valence-corrected chi connectivity index (χ2v) is 6.10. The summed E-state index contributed by atoms with van der Waals surface area (Å²) in [6.45, 7) is 4.15. The van der Waals surface area contributed by atoms with E-state index in [1.165, 1.54) is 11.1 Å². The molecule has 3 heteroatoms. The summed E-state index contributed by atoms with van der Waals surface area (Å²) in [6.07, 6.45) is 2.17. The van der Waals surface area contributed by atoms with Crippen molar-refractivity contribution in [1.82, 2.24) is 0 Å². The fourth-order valence-corrected chi connectivity index (χ4v) is 2.61. The zero-order valence-electron chi connectivity index (χ0n) is 12.4. The van der Waals surface area contributed by atoms with Crippen LogP contribution in [0.5, 0.6) is 0 Å². The van der Waals surface area contributed by atoms with Gasteiger partial charge in [0.2, 0.25) is 5.91 Å². The van der Waals surface area contributed by atoms with Crippen molar-refractivity contribution in [2.45, 2.75) is 33.1 Å². The lowest BCUT2D eigenvalue weighted by molar-refractivity contribution is -0.116. The predicted octanol–water partition coefficient (Wildman–Crippen LogP) is 4.89. The third-order valence-corrected chi connectivity index (χ3v) is 3.98. The van der Waals surface area contributed by atoms with Gasteiger partial charge < -0.3 is 5.32 Å². The van der Waals surface area contributed by atoms with Gasteiger partial charge in [-0.1, -0.05) is 52.7 Å². The first kappa shape index (κ1) is 15.8. The number of hydrogen-bond acceptors (Lipinski definition) is 1. The fourth-order valence-electron chi connectivity index (χ4n) is 2.20. The Morgan fingerprint density at radius 3 is 2.52 bits per heavy atom. The van der Waals surface area contributed by atoms with E-state index in [2.05, 4.69) is 65.4 Å². The maximum absolute atomic E-state index is 12.1. The van der Waals surface area contributed by atoms with E-state index in [4.69, 9.17) is 0 Å². The van der Waals surface area contributed by atoms with Crippen molar-refractivity contribution in [3.63, 3.8) is 0 Å². The molecule has 1 amide bonds.